The van der Waals surface area contributed by atoms with E-state index >= 15 is 0 Å². The van der Waals surface area contributed by atoms with Gasteiger partial charge in [0, 0.05) is 10.9 Å². The molecule has 4 unspecified atom stereocenters. The number of thiophene rings is 1. The molecule has 2 N–H and O–H groups in total. The van der Waals surface area contributed by atoms with Crippen molar-refractivity contribution < 1.29 is 0 Å². The molecule has 90 valence electrons. The molecule has 2 rings (SSSR count). The summed E-state index contributed by atoms with van der Waals surface area (Å²) in [6.07, 6.45) is 5.10. The molecule has 0 saturated heterocycles. The Morgan fingerprint density at radius 3 is 2.81 bits per heavy atom. The molecule has 0 bridgehead atoms. The predicted molar refractivity (Wildman–Crippen MR) is 71.7 cm³/mol. The van der Waals surface area contributed by atoms with Crippen LogP contribution in [0.1, 0.15) is 38.0 Å². The van der Waals surface area contributed by atoms with Gasteiger partial charge in [-0.15, -0.1) is 11.3 Å². The van der Waals surface area contributed by atoms with Gasteiger partial charge in [-0.05, 0) is 48.5 Å². The molecule has 0 radical (unpaired) electrons. The summed E-state index contributed by atoms with van der Waals surface area (Å²) in [6, 6.07) is 4.70. The maximum absolute atomic E-state index is 6.35. The van der Waals surface area contributed by atoms with Gasteiger partial charge in [-0.2, -0.15) is 0 Å². The Kier molecular flexibility index (Phi) is 4.04. The van der Waals surface area contributed by atoms with E-state index in [1.165, 1.54) is 24.1 Å². The molecule has 4 atom stereocenters. The monoisotopic (exact) mass is 237 g/mol. The van der Waals surface area contributed by atoms with E-state index in [1.807, 2.05) is 11.3 Å². The Bertz CT molecular complexity index is 307. The van der Waals surface area contributed by atoms with Crippen molar-refractivity contribution in [2.75, 3.05) is 0 Å². The minimum absolute atomic E-state index is 0.369. The minimum atomic E-state index is 0.369. The lowest BCUT2D eigenvalue weighted by molar-refractivity contribution is 0.185. The molecule has 2 heteroatoms. The molecule has 0 amide bonds. The lowest BCUT2D eigenvalue weighted by Crippen LogP contribution is -2.36. The zero-order chi connectivity index (χ0) is 11.5. The van der Waals surface area contributed by atoms with Gasteiger partial charge in [-0.25, -0.2) is 0 Å². The molecule has 1 aromatic rings. The number of hydrogen-bond acceptors (Lipinski definition) is 2. The van der Waals surface area contributed by atoms with Gasteiger partial charge in [0.2, 0.25) is 0 Å². The molecule has 1 aliphatic rings. The Balaban J connectivity index is 1.88. The van der Waals surface area contributed by atoms with Gasteiger partial charge in [0.05, 0.1) is 0 Å². The second-order valence-electron chi connectivity index (χ2n) is 5.48. The van der Waals surface area contributed by atoms with Gasteiger partial charge in [-0.1, -0.05) is 26.3 Å². The standard InChI is InChI=1S/C14H23NS/c1-10-5-6-12(8-11(10)2)14(15)9-13-4-3-7-16-13/h3-4,7,10-12,14H,5-6,8-9,15H2,1-2H3. The van der Waals surface area contributed by atoms with Crippen molar-refractivity contribution in [3.63, 3.8) is 0 Å². The lowest BCUT2D eigenvalue weighted by Gasteiger charge is -2.35. The molecule has 1 aliphatic carbocycles. The van der Waals surface area contributed by atoms with E-state index in [4.69, 9.17) is 5.73 Å². The van der Waals surface area contributed by atoms with E-state index < -0.39 is 0 Å². The summed E-state index contributed by atoms with van der Waals surface area (Å²) in [5.74, 6) is 2.49. The van der Waals surface area contributed by atoms with Gasteiger partial charge < -0.3 is 5.73 Å². The van der Waals surface area contributed by atoms with Crippen LogP contribution in [0.3, 0.4) is 0 Å². The van der Waals surface area contributed by atoms with E-state index in [0.717, 1.165) is 24.2 Å². The van der Waals surface area contributed by atoms with E-state index in [-0.39, 0.29) is 0 Å². The van der Waals surface area contributed by atoms with Crippen LogP contribution in [0.4, 0.5) is 0 Å². The summed E-state index contributed by atoms with van der Waals surface area (Å²) in [6.45, 7) is 4.76. The van der Waals surface area contributed by atoms with Crippen molar-refractivity contribution in [2.24, 2.45) is 23.5 Å². The normalized spacial score (nSPS) is 32.6. The topological polar surface area (TPSA) is 26.0 Å². The van der Waals surface area contributed by atoms with Crippen LogP contribution >= 0.6 is 11.3 Å². The zero-order valence-electron chi connectivity index (χ0n) is 10.4. The first-order valence-electron chi connectivity index (χ1n) is 6.44. The Morgan fingerprint density at radius 1 is 1.38 bits per heavy atom. The molecular weight excluding hydrogens is 214 g/mol. The van der Waals surface area contributed by atoms with Crippen molar-refractivity contribution in [1.82, 2.24) is 0 Å². The quantitative estimate of drug-likeness (QED) is 0.852. The highest BCUT2D eigenvalue weighted by molar-refractivity contribution is 7.09. The first-order chi connectivity index (χ1) is 7.66. The summed E-state index contributed by atoms with van der Waals surface area (Å²) >= 11 is 1.84. The lowest BCUT2D eigenvalue weighted by atomic mass is 9.73. The van der Waals surface area contributed by atoms with E-state index in [2.05, 4.69) is 31.4 Å². The summed E-state index contributed by atoms with van der Waals surface area (Å²) < 4.78 is 0. The van der Waals surface area contributed by atoms with Crippen LogP contribution in [-0.4, -0.2) is 6.04 Å². The molecule has 1 saturated carbocycles. The van der Waals surface area contributed by atoms with Crippen molar-refractivity contribution in [2.45, 2.75) is 45.6 Å². The maximum Gasteiger partial charge on any atom is 0.0116 e. The third-order valence-corrected chi connectivity index (χ3v) is 5.16. The summed E-state index contributed by atoms with van der Waals surface area (Å²) in [5, 5.41) is 2.15. The highest BCUT2D eigenvalue weighted by Crippen LogP contribution is 2.35. The maximum atomic E-state index is 6.35. The third kappa shape index (κ3) is 2.86. The molecular formula is C14H23NS. The largest absolute Gasteiger partial charge is 0.327 e. The molecule has 1 heterocycles. The second kappa shape index (κ2) is 5.33. The van der Waals surface area contributed by atoms with Gasteiger partial charge in [0.15, 0.2) is 0 Å². The third-order valence-electron chi connectivity index (χ3n) is 4.26. The van der Waals surface area contributed by atoms with Crippen LogP contribution in [0.25, 0.3) is 0 Å². The van der Waals surface area contributed by atoms with Gasteiger partial charge in [-0.3, -0.25) is 0 Å². The van der Waals surface area contributed by atoms with Crippen molar-refractivity contribution in [3.05, 3.63) is 22.4 Å². The molecule has 1 nitrogen and oxygen atoms in total. The average molecular weight is 237 g/mol. The Labute approximate surface area is 103 Å². The first-order valence-corrected chi connectivity index (χ1v) is 7.32. The number of nitrogens with two attached hydrogens (primary N) is 1. The zero-order valence-corrected chi connectivity index (χ0v) is 11.2. The molecule has 1 aromatic heterocycles. The Hall–Kier alpha value is -0.340. The summed E-state index contributed by atoms with van der Waals surface area (Å²) in [7, 11) is 0. The second-order valence-corrected chi connectivity index (χ2v) is 6.51. The van der Waals surface area contributed by atoms with Crippen molar-refractivity contribution in [1.29, 1.82) is 0 Å². The fraction of sp³-hybridized carbons (Fsp3) is 0.714. The fourth-order valence-electron chi connectivity index (χ4n) is 2.81. The van der Waals surface area contributed by atoms with Crippen LogP contribution in [0, 0.1) is 17.8 Å². The molecule has 0 aliphatic heterocycles. The predicted octanol–water partition coefficient (Wildman–Crippen LogP) is 3.69. The number of rotatable bonds is 3. The van der Waals surface area contributed by atoms with Crippen LogP contribution in [-0.2, 0) is 6.42 Å². The van der Waals surface area contributed by atoms with Crippen LogP contribution in [0.15, 0.2) is 17.5 Å². The van der Waals surface area contributed by atoms with Crippen molar-refractivity contribution >= 4 is 11.3 Å². The van der Waals surface area contributed by atoms with Gasteiger partial charge in [0.1, 0.15) is 0 Å². The van der Waals surface area contributed by atoms with E-state index in [1.54, 1.807) is 0 Å². The van der Waals surface area contributed by atoms with Crippen LogP contribution < -0.4 is 5.73 Å². The molecule has 0 aromatic carbocycles. The minimum Gasteiger partial charge on any atom is -0.327 e. The van der Waals surface area contributed by atoms with E-state index in [0.29, 0.717) is 6.04 Å². The SMILES string of the molecule is CC1CCC(C(N)Cc2cccs2)CC1C. The average Bonchev–Trinajstić information content (AvgIpc) is 2.74. The smallest absolute Gasteiger partial charge is 0.0116 e. The van der Waals surface area contributed by atoms with Crippen LogP contribution in [0.2, 0.25) is 0 Å². The first kappa shape index (κ1) is 12.1. The molecule has 16 heavy (non-hydrogen) atoms. The van der Waals surface area contributed by atoms with Crippen LogP contribution in [0.5, 0.6) is 0 Å². The molecule has 1 fully saturated rings. The summed E-state index contributed by atoms with van der Waals surface area (Å²) in [5.41, 5.74) is 6.35. The van der Waals surface area contributed by atoms with Crippen molar-refractivity contribution in [3.8, 4) is 0 Å². The summed E-state index contributed by atoms with van der Waals surface area (Å²) in [4.78, 5) is 1.44. The Morgan fingerprint density at radius 2 is 2.19 bits per heavy atom. The number of hydrogen-bond donors (Lipinski definition) is 1. The van der Waals surface area contributed by atoms with E-state index in [9.17, 15) is 0 Å². The van der Waals surface area contributed by atoms with Gasteiger partial charge in [0.25, 0.3) is 0 Å². The highest BCUT2D eigenvalue weighted by atomic mass is 32.1. The van der Waals surface area contributed by atoms with Gasteiger partial charge >= 0.3 is 0 Å². The molecule has 0 spiro atoms. The highest BCUT2D eigenvalue weighted by Gasteiger charge is 2.28. The fourth-order valence-corrected chi connectivity index (χ4v) is 3.58.